The SMILES string of the molecule is Nc1ncnc2c1ncn2[C@@H]1O[C@@H]2/C=C\P(=O)(O)O[C@H]3C[C@H](n4cnc5c(N)ncnc54)OC3COP(=O)(O)O[C@H]2[C@H]1F. The van der Waals surface area contributed by atoms with Crippen molar-refractivity contribution in [3.05, 3.63) is 37.2 Å². The molecule has 0 saturated carbocycles. The van der Waals surface area contributed by atoms with Gasteiger partial charge in [-0.2, -0.15) is 0 Å². The van der Waals surface area contributed by atoms with Gasteiger partial charge in [-0.15, -0.1) is 0 Å². The van der Waals surface area contributed by atoms with Crippen LogP contribution >= 0.6 is 15.4 Å². The Balaban J connectivity index is 1.18. The number of phosphoric acid groups is 1. The lowest BCUT2D eigenvalue weighted by Crippen LogP contribution is -2.32. The van der Waals surface area contributed by atoms with Gasteiger partial charge < -0.3 is 30.7 Å². The minimum atomic E-state index is -4.96. The number of hydrogen-bond donors (Lipinski definition) is 4. The van der Waals surface area contributed by atoms with Crippen molar-refractivity contribution in [3.63, 3.8) is 0 Å². The van der Waals surface area contributed by atoms with Gasteiger partial charge in [-0.3, -0.25) is 27.3 Å². The molecule has 3 aliphatic heterocycles. The average Bonchev–Trinajstić information content (AvgIpc) is 3.72. The Labute approximate surface area is 239 Å². The minimum Gasteiger partial charge on any atom is -0.382 e. The maximum atomic E-state index is 15.8. The first-order valence-corrected chi connectivity index (χ1v) is 15.8. The maximum absolute atomic E-state index is 15.8. The molecule has 9 atom stereocenters. The van der Waals surface area contributed by atoms with Gasteiger partial charge in [-0.25, -0.2) is 38.9 Å². The summed E-state index contributed by atoms with van der Waals surface area (Å²) in [5.74, 6) is 0.974. The molecular formula is C21H23FN10O9P2. The van der Waals surface area contributed by atoms with Gasteiger partial charge in [0.2, 0.25) is 0 Å². The van der Waals surface area contributed by atoms with Gasteiger partial charge in [0.15, 0.2) is 35.3 Å². The number of ether oxygens (including phenoxy) is 2. The number of aromatic nitrogens is 8. The minimum absolute atomic E-state index is 0.00571. The van der Waals surface area contributed by atoms with Crippen LogP contribution in [0.1, 0.15) is 18.9 Å². The van der Waals surface area contributed by atoms with Gasteiger partial charge in [0.05, 0.1) is 19.3 Å². The Morgan fingerprint density at radius 1 is 0.884 bits per heavy atom. The highest BCUT2D eigenvalue weighted by Gasteiger charge is 2.51. The van der Waals surface area contributed by atoms with Gasteiger partial charge in [0.1, 0.15) is 54.3 Å². The van der Waals surface area contributed by atoms with Gasteiger partial charge in [-0.05, 0) is 6.08 Å². The van der Waals surface area contributed by atoms with E-state index in [4.69, 9.17) is 34.5 Å². The molecule has 7 heterocycles. The molecule has 3 unspecified atom stereocenters. The van der Waals surface area contributed by atoms with Crippen LogP contribution in [0.3, 0.4) is 0 Å². The third-order valence-corrected chi connectivity index (χ3v) is 9.26. The van der Waals surface area contributed by atoms with E-state index in [1.807, 2.05) is 0 Å². The second kappa shape index (κ2) is 10.3. The Bertz CT molecular complexity index is 1840. The van der Waals surface area contributed by atoms with E-state index in [2.05, 4.69) is 29.9 Å². The number of hydrogen-bond acceptors (Lipinski definition) is 15. The second-order valence-corrected chi connectivity index (χ2v) is 12.9. The van der Waals surface area contributed by atoms with Crippen LogP contribution in [0.15, 0.2) is 37.2 Å². The molecule has 6 N–H and O–H groups in total. The van der Waals surface area contributed by atoms with E-state index in [0.717, 1.165) is 18.2 Å². The molecule has 2 saturated heterocycles. The second-order valence-electron chi connectivity index (χ2n) is 9.85. The van der Waals surface area contributed by atoms with Crippen molar-refractivity contribution in [1.29, 1.82) is 0 Å². The average molecular weight is 640 g/mol. The van der Waals surface area contributed by atoms with Crippen molar-refractivity contribution < 1.29 is 46.4 Å². The molecule has 228 valence electrons. The highest BCUT2D eigenvalue weighted by Crippen LogP contribution is 2.54. The van der Waals surface area contributed by atoms with Crippen LogP contribution in [-0.2, 0) is 32.2 Å². The number of nitrogens with zero attached hydrogens (tertiary/aromatic N) is 8. The van der Waals surface area contributed by atoms with Crippen molar-refractivity contribution in [3.8, 4) is 0 Å². The number of phosphoric ester groups is 1. The number of imidazole rings is 2. The highest BCUT2D eigenvalue weighted by atomic mass is 31.2. The van der Waals surface area contributed by atoms with E-state index in [9.17, 15) is 18.9 Å². The molecule has 3 aliphatic rings. The maximum Gasteiger partial charge on any atom is 0.472 e. The summed E-state index contributed by atoms with van der Waals surface area (Å²) in [5.41, 5.74) is 12.6. The van der Waals surface area contributed by atoms with E-state index >= 15 is 4.39 Å². The number of rotatable bonds is 2. The van der Waals surface area contributed by atoms with E-state index in [0.29, 0.717) is 11.2 Å². The molecule has 4 aromatic heterocycles. The zero-order chi connectivity index (χ0) is 30.1. The summed E-state index contributed by atoms with van der Waals surface area (Å²) in [6.07, 6.45) is -3.85. The first-order chi connectivity index (χ1) is 20.5. The third-order valence-electron chi connectivity index (χ3n) is 7.15. The summed E-state index contributed by atoms with van der Waals surface area (Å²) in [5, 5.41) is 0. The molecule has 7 rings (SSSR count). The fourth-order valence-electron chi connectivity index (χ4n) is 5.19. The number of nitrogens with two attached hydrogens (primary N) is 2. The van der Waals surface area contributed by atoms with Crippen LogP contribution in [0.4, 0.5) is 16.0 Å². The predicted molar refractivity (Wildman–Crippen MR) is 141 cm³/mol. The molecule has 0 aromatic carbocycles. The van der Waals surface area contributed by atoms with Crippen LogP contribution in [0, 0.1) is 0 Å². The monoisotopic (exact) mass is 640 g/mol. The lowest BCUT2D eigenvalue weighted by molar-refractivity contribution is -0.0450. The highest BCUT2D eigenvalue weighted by molar-refractivity contribution is 7.56. The summed E-state index contributed by atoms with van der Waals surface area (Å²) in [7, 11) is -9.49. The van der Waals surface area contributed by atoms with E-state index in [-0.39, 0.29) is 29.2 Å². The number of halogens is 1. The van der Waals surface area contributed by atoms with Gasteiger partial charge in [-0.1, -0.05) is 0 Å². The Morgan fingerprint density at radius 3 is 2.23 bits per heavy atom. The van der Waals surface area contributed by atoms with Crippen molar-refractivity contribution in [2.45, 2.75) is 49.5 Å². The van der Waals surface area contributed by atoms with Crippen LogP contribution in [-0.4, -0.2) is 86.0 Å². The summed E-state index contributed by atoms with van der Waals surface area (Å²) in [4.78, 5) is 45.4. The van der Waals surface area contributed by atoms with Gasteiger partial charge >= 0.3 is 15.4 Å². The topological polar surface area (TPSA) is 260 Å². The van der Waals surface area contributed by atoms with Gasteiger partial charge in [0, 0.05) is 12.2 Å². The molecule has 0 radical (unpaired) electrons. The van der Waals surface area contributed by atoms with Crippen molar-refractivity contribution in [1.82, 2.24) is 39.0 Å². The molecular weight excluding hydrogens is 617 g/mol. The molecule has 4 aromatic rings. The van der Waals surface area contributed by atoms with Crippen LogP contribution < -0.4 is 11.5 Å². The van der Waals surface area contributed by atoms with Crippen LogP contribution in [0.25, 0.3) is 22.3 Å². The molecule has 0 spiro atoms. The van der Waals surface area contributed by atoms with E-state index in [1.165, 1.54) is 28.1 Å². The van der Waals surface area contributed by atoms with Crippen LogP contribution in [0.5, 0.6) is 0 Å². The van der Waals surface area contributed by atoms with E-state index in [1.54, 1.807) is 0 Å². The Hall–Kier alpha value is -3.45. The molecule has 2 fully saturated rings. The Morgan fingerprint density at radius 2 is 1.53 bits per heavy atom. The zero-order valence-electron chi connectivity index (χ0n) is 21.7. The largest absolute Gasteiger partial charge is 0.472 e. The van der Waals surface area contributed by atoms with Crippen molar-refractivity contribution in [2.24, 2.45) is 0 Å². The molecule has 0 bridgehead atoms. The zero-order valence-corrected chi connectivity index (χ0v) is 23.5. The van der Waals surface area contributed by atoms with Crippen molar-refractivity contribution >= 4 is 49.4 Å². The number of fused-ring (bicyclic) bond motifs is 4. The van der Waals surface area contributed by atoms with Gasteiger partial charge in [0.25, 0.3) is 0 Å². The smallest absolute Gasteiger partial charge is 0.382 e. The Kier molecular flexibility index (Phi) is 6.80. The first kappa shape index (κ1) is 28.3. The normalized spacial score (nSPS) is 37.5. The molecule has 43 heavy (non-hydrogen) atoms. The quantitative estimate of drug-likeness (QED) is 0.222. The fourth-order valence-corrected chi connectivity index (χ4v) is 7.20. The summed E-state index contributed by atoms with van der Waals surface area (Å²) in [6.45, 7) is -0.622. The number of alkyl halides is 1. The van der Waals surface area contributed by atoms with E-state index < -0.39 is 65.1 Å². The molecule has 0 amide bonds. The molecule has 19 nitrogen and oxygen atoms in total. The summed E-state index contributed by atoms with van der Waals surface area (Å²) < 4.78 is 72.4. The van der Waals surface area contributed by atoms with Crippen molar-refractivity contribution in [2.75, 3.05) is 18.1 Å². The lowest BCUT2D eigenvalue weighted by Gasteiger charge is -2.25. The fraction of sp³-hybridized carbons (Fsp3) is 0.429. The molecule has 0 aliphatic carbocycles. The lowest BCUT2D eigenvalue weighted by atomic mass is 10.1. The first-order valence-electron chi connectivity index (χ1n) is 12.7. The summed E-state index contributed by atoms with van der Waals surface area (Å²) in [6, 6.07) is 0. The molecule has 22 heteroatoms. The number of anilines is 2. The standard InChI is InChI=1S/C21H23FN10O9P2/c22-13-16-9(39-21(13)32-8-30-15-18(24)26-6-28-20(15)32)1-2-42(33,34)40-10-3-12(38-11(10)4-37-43(35,36)41-16)31-7-29-14-17(23)25-5-27-19(14)31/h1-2,5-13,16,21H,3-4H2,(H,33,34)(H,35,36)(H2,23,25,27)(H2,24,26,28)/b2-1-/t9-,10+,11?,12-,13-,16-,21-/m1/s1. The third kappa shape index (κ3) is 5.09. The summed E-state index contributed by atoms with van der Waals surface area (Å²) >= 11 is 0. The number of nitrogen functional groups attached to an aromatic ring is 2. The predicted octanol–water partition coefficient (Wildman–Crippen LogP) is 0.954. The van der Waals surface area contributed by atoms with Crippen LogP contribution in [0.2, 0.25) is 0 Å².